The van der Waals surface area contributed by atoms with Gasteiger partial charge in [-0.25, -0.2) is 4.68 Å². The van der Waals surface area contributed by atoms with E-state index in [0.717, 1.165) is 6.54 Å². The molecular weight excluding hydrogens is 218 g/mol. The lowest BCUT2D eigenvalue weighted by atomic mass is 10.1. The van der Waals surface area contributed by atoms with Gasteiger partial charge in [0.15, 0.2) is 0 Å². The number of nitrogens with zero attached hydrogens (tertiary/aromatic N) is 1. The van der Waals surface area contributed by atoms with E-state index < -0.39 is 0 Å². The summed E-state index contributed by atoms with van der Waals surface area (Å²) in [5, 5.41) is 5.89. The number of H-pyrrole nitrogens is 1. The summed E-state index contributed by atoms with van der Waals surface area (Å²) in [7, 11) is 0. The highest BCUT2D eigenvalue weighted by Crippen LogP contribution is 2.02. The molecule has 0 bridgehead atoms. The van der Waals surface area contributed by atoms with Crippen molar-refractivity contribution in [2.75, 3.05) is 6.54 Å². The first-order chi connectivity index (χ1) is 7.78. The molecule has 0 aliphatic heterocycles. The number of aromatic amines is 1. The zero-order valence-corrected chi connectivity index (χ0v) is 10.9. The monoisotopic (exact) mass is 239 g/mol. The van der Waals surface area contributed by atoms with Crippen molar-refractivity contribution in [1.29, 1.82) is 0 Å². The van der Waals surface area contributed by atoms with E-state index >= 15 is 0 Å². The van der Waals surface area contributed by atoms with Gasteiger partial charge in [-0.1, -0.05) is 6.92 Å². The topological polar surface area (TPSA) is 66.9 Å². The predicted molar refractivity (Wildman–Crippen MR) is 68.2 cm³/mol. The summed E-state index contributed by atoms with van der Waals surface area (Å²) in [6.45, 7) is 9.63. The second-order valence-corrected chi connectivity index (χ2v) is 5.49. The molecule has 0 radical (unpaired) electrons. The highest BCUT2D eigenvalue weighted by atomic mass is 16.1. The van der Waals surface area contributed by atoms with Gasteiger partial charge in [-0.2, -0.15) is 0 Å². The fraction of sp³-hybridized carbons (Fsp3) is 0.667. The van der Waals surface area contributed by atoms with Gasteiger partial charge in [0.2, 0.25) is 0 Å². The van der Waals surface area contributed by atoms with Crippen molar-refractivity contribution < 1.29 is 0 Å². The maximum Gasteiger partial charge on any atom is 0.265 e. The van der Waals surface area contributed by atoms with Gasteiger partial charge in [-0.05, 0) is 33.2 Å². The fourth-order valence-corrected chi connectivity index (χ4v) is 1.45. The molecule has 0 aliphatic rings. The lowest BCUT2D eigenvalue weighted by Gasteiger charge is -2.23. The van der Waals surface area contributed by atoms with Crippen molar-refractivity contribution >= 4 is 0 Å². The second-order valence-electron chi connectivity index (χ2n) is 5.49. The number of hydrogen-bond donors (Lipinski definition) is 2. The molecule has 1 unspecified atom stereocenters. The van der Waals surface area contributed by atoms with Gasteiger partial charge in [0.25, 0.3) is 11.1 Å². The maximum absolute atomic E-state index is 11.5. The molecule has 0 aliphatic carbocycles. The molecule has 1 atom stereocenters. The van der Waals surface area contributed by atoms with Crippen LogP contribution in [0.3, 0.4) is 0 Å². The Morgan fingerprint density at radius 2 is 2.00 bits per heavy atom. The highest BCUT2D eigenvalue weighted by Gasteiger charge is 2.11. The molecule has 0 spiro atoms. The largest absolute Gasteiger partial charge is 0.312 e. The van der Waals surface area contributed by atoms with Crippen LogP contribution in [0.4, 0.5) is 0 Å². The third-order valence-electron chi connectivity index (χ3n) is 2.36. The van der Waals surface area contributed by atoms with Gasteiger partial charge in [0.1, 0.15) is 0 Å². The molecule has 1 rings (SSSR count). The highest BCUT2D eigenvalue weighted by molar-refractivity contribution is 4.86. The summed E-state index contributed by atoms with van der Waals surface area (Å²) in [6, 6.07) is 2.54. The summed E-state index contributed by atoms with van der Waals surface area (Å²) < 4.78 is 1.36. The third kappa shape index (κ3) is 4.99. The van der Waals surface area contributed by atoms with Crippen molar-refractivity contribution in [3.63, 3.8) is 0 Å². The van der Waals surface area contributed by atoms with Crippen molar-refractivity contribution in [3.05, 3.63) is 32.8 Å². The first-order valence-corrected chi connectivity index (χ1v) is 5.83. The number of hydrogen-bond acceptors (Lipinski definition) is 3. The molecule has 0 saturated carbocycles. The molecule has 96 valence electrons. The predicted octanol–water partition coefficient (Wildman–Crippen LogP) is 0.561. The summed E-state index contributed by atoms with van der Waals surface area (Å²) >= 11 is 0. The molecule has 0 saturated heterocycles. The van der Waals surface area contributed by atoms with Crippen LogP contribution in [0.2, 0.25) is 0 Å². The van der Waals surface area contributed by atoms with Gasteiger partial charge < -0.3 is 5.32 Å². The van der Waals surface area contributed by atoms with Crippen LogP contribution in [0.15, 0.2) is 21.7 Å². The number of nitrogens with one attached hydrogen (secondary N) is 2. The Kier molecular flexibility index (Phi) is 4.28. The minimum absolute atomic E-state index is 0.0588. The normalized spacial score (nSPS) is 13.6. The Morgan fingerprint density at radius 3 is 2.59 bits per heavy atom. The average molecular weight is 239 g/mol. The Morgan fingerprint density at radius 1 is 1.35 bits per heavy atom. The lowest BCUT2D eigenvalue weighted by molar-refractivity contribution is 0.346. The Bertz CT molecular complexity index is 468. The third-order valence-corrected chi connectivity index (χ3v) is 2.36. The standard InChI is InChI=1S/C12H21N3O2/c1-9(7-13-12(2,3)4)8-15-11(17)6-5-10(16)14-15/h5-6,9,13H,7-8H2,1-4H3,(H,14,16). The van der Waals surface area contributed by atoms with Crippen LogP contribution in [0, 0.1) is 5.92 Å². The van der Waals surface area contributed by atoms with Crippen LogP contribution >= 0.6 is 0 Å². The molecule has 1 aromatic rings. The SMILES string of the molecule is CC(CNC(C)(C)C)Cn1[nH]c(=O)ccc1=O. The van der Waals surface area contributed by atoms with Crippen LogP contribution in [0.25, 0.3) is 0 Å². The van der Waals surface area contributed by atoms with E-state index in [9.17, 15) is 9.59 Å². The summed E-state index contributed by atoms with van der Waals surface area (Å²) in [6.07, 6.45) is 0. The van der Waals surface area contributed by atoms with E-state index in [2.05, 4.69) is 31.2 Å². The van der Waals surface area contributed by atoms with E-state index in [1.807, 2.05) is 6.92 Å². The first-order valence-electron chi connectivity index (χ1n) is 5.83. The van der Waals surface area contributed by atoms with Gasteiger partial charge in [0, 0.05) is 24.2 Å². The van der Waals surface area contributed by atoms with Crippen LogP contribution < -0.4 is 16.4 Å². The summed E-state index contributed by atoms with van der Waals surface area (Å²) in [5.74, 6) is 0.268. The molecule has 1 heterocycles. The Labute approximate surface area is 101 Å². The van der Waals surface area contributed by atoms with Gasteiger partial charge in [-0.15, -0.1) is 0 Å². The van der Waals surface area contributed by atoms with Crippen LogP contribution in [0.5, 0.6) is 0 Å². The maximum atomic E-state index is 11.5. The lowest BCUT2D eigenvalue weighted by Crippen LogP contribution is -2.40. The molecule has 5 heteroatoms. The van der Waals surface area contributed by atoms with E-state index in [1.165, 1.54) is 16.8 Å². The Balaban J connectivity index is 2.62. The molecule has 17 heavy (non-hydrogen) atoms. The molecule has 1 aromatic heterocycles. The van der Waals surface area contributed by atoms with Crippen molar-refractivity contribution in [2.45, 2.75) is 39.8 Å². The number of aromatic nitrogens is 2. The molecule has 5 nitrogen and oxygen atoms in total. The minimum atomic E-state index is -0.249. The summed E-state index contributed by atoms with van der Waals surface area (Å²) in [4.78, 5) is 22.6. The van der Waals surface area contributed by atoms with Crippen LogP contribution in [-0.2, 0) is 6.54 Å². The molecule has 0 fully saturated rings. The Hall–Kier alpha value is -1.36. The molecular formula is C12H21N3O2. The van der Waals surface area contributed by atoms with Crippen molar-refractivity contribution in [1.82, 2.24) is 15.1 Å². The van der Waals surface area contributed by atoms with Gasteiger partial charge in [0.05, 0.1) is 0 Å². The smallest absolute Gasteiger partial charge is 0.265 e. The molecule has 2 N–H and O–H groups in total. The zero-order valence-electron chi connectivity index (χ0n) is 10.9. The number of rotatable bonds is 4. The average Bonchev–Trinajstić information content (AvgIpc) is 2.20. The zero-order chi connectivity index (χ0) is 13.1. The van der Waals surface area contributed by atoms with E-state index in [4.69, 9.17) is 0 Å². The van der Waals surface area contributed by atoms with Crippen LogP contribution in [0.1, 0.15) is 27.7 Å². The van der Waals surface area contributed by atoms with E-state index in [0.29, 0.717) is 6.54 Å². The van der Waals surface area contributed by atoms with E-state index in [-0.39, 0.29) is 22.6 Å². The quantitative estimate of drug-likeness (QED) is 0.807. The van der Waals surface area contributed by atoms with Crippen molar-refractivity contribution in [2.24, 2.45) is 5.92 Å². The van der Waals surface area contributed by atoms with Crippen molar-refractivity contribution in [3.8, 4) is 0 Å². The minimum Gasteiger partial charge on any atom is -0.312 e. The van der Waals surface area contributed by atoms with Crippen LogP contribution in [-0.4, -0.2) is 21.9 Å². The summed E-state index contributed by atoms with van der Waals surface area (Å²) in [5.41, 5.74) is -0.364. The molecule has 0 aromatic carbocycles. The van der Waals surface area contributed by atoms with Gasteiger partial charge >= 0.3 is 0 Å². The molecule has 0 amide bonds. The van der Waals surface area contributed by atoms with E-state index in [1.54, 1.807) is 0 Å². The fourth-order valence-electron chi connectivity index (χ4n) is 1.45. The van der Waals surface area contributed by atoms with Gasteiger partial charge in [-0.3, -0.25) is 14.7 Å². The second kappa shape index (κ2) is 5.31. The first kappa shape index (κ1) is 13.7.